The number of aliphatic carboxylic acids is 1. The van der Waals surface area contributed by atoms with E-state index in [4.69, 9.17) is 14.6 Å². The molecule has 2 N–H and O–H groups in total. The first-order valence-electron chi connectivity index (χ1n) is 5.62. The molecule has 1 rings (SSSR count). The second-order valence-corrected chi connectivity index (χ2v) is 3.82. The van der Waals surface area contributed by atoms with Gasteiger partial charge in [-0.2, -0.15) is 0 Å². The van der Waals surface area contributed by atoms with Crippen molar-refractivity contribution in [2.24, 2.45) is 0 Å². The molecule has 20 heavy (non-hydrogen) atoms. The minimum atomic E-state index is -1.20. The minimum Gasteiger partial charge on any atom is -0.493 e. The topological polar surface area (TPSA) is 115 Å². The summed E-state index contributed by atoms with van der Waals surface area (Å²) in [5.41, 5.74) is -0.229. The molecule has 1 atom stereocenters. The molecule has 8 heteroatoms. The number of esters is 1. The molecule has 0 saturated heterocycles. The van der Waals surface area contributed by atoms with Gasteiger partial charge < -0.3 is 19.9 Å². The third kappa shape index (κ3) is 3.67. The van der Waals surface area contributed by atoms with Gasteiger partial charge in [0.1, 0.15) is 6.04 Å². The fourth-order valence-electron chi connectivity index (χ4n) is 1.32. The highest BCUT2D eigenvalue weighted by atomic mass is 16.6. The Morgan fingerprint density at radius 1 is 1.40 bits per heavy atom. The van der Waals surface area contributed by atoms with Crippen LogP contribution < -0.4 is 14.8 Å². The molecule has 0 spiro atoms. The van der Waals surface area contributed by atoms with Crippen LogP contribution in [-0.2, 0) is 9.59 Å². The number of nitrogens with zero attached hydrogens (tertiary/aromatic N) is 1. The highest BCUT2D eigenvalue weighted by Gasteiger charge is 2.23. The van der Waals surface area contributed by atoms with Crippen molar-refractivity contribution >= 4 is 17.8 Å². The second kappa shape index (κ2) is 6.50. The van der Waals surface area contributed by atoms with E-state index in [0.29, 0.717) is 0 Å². The highest BCUT2D eigenvalue weighted by molar-refractivity contribution is 5.98. The van der Waals surface area contributed by atoms with Gasteiger partial charge in [0.25, 0.3) is 5.91 Å². The van der Waals surface area contributed by atoms with Gasteiger partial charge in [-0.3, -0.25) is 14.4 Å². The van der Waals surface area contributed by atoms with E-state index in [9.17, 15) is 14.4 Å². The number of carboxylic acid groups (broad SMARTS) is 1. The Hall–Kier alpha value is -2.64. The summed E-state index contributed by atoms with van der Waals surface area (Å²) in [6.07, 6.45) is 1.28. The van der Waals surface area contributed by atoms with E-state index in [2.05, 4.69) is 10.3 Å². The maximum absolute atomic E-state index is 11.9. The SMILES string of the molecule is COc1ccnc(C(=O)NC(C)C(=O)O)c1OC(C)=O. The second-order valence-electron chi connectivity index (χ2n) is 3.82. The van der Waals surface area contributed by atoms with Crippen molar-refractivity contribution in [2.75, 3.05) is 7.11 Å². The number of ether oxygens (including phenoxy) is 2. The van der Waals surface area contributed by atoms with Crippen LogP contribution in [0.1, 0.15) is 24.3 Å². The number of hydrogen-bond acceptors (Lipinski definition) is 6. The molecule has 1 heterocycles. The Kier molecular flexibility index (Phi) is 5.01. The van der Waals surface area contributed by atoms with Crippen LogP contribution in [0.15, 0.2) is 12.3 Å². The maximum Gasteiger partial charge on any atom is 0.325 e. The number of pyridine rings is 1. The Bertz CT molecular complexity index is 543. The average molecular weight is 282 g/mol. The summed E-state index contributed by atoms with van der Waals surface area (Å²) in [6, 6.07) is 0.302. The Morgan fingerprint density at radius 2 is 2.05 bits per heavy atom. The molecule has 0 aliphatic rings. The van der Waals surface area contributed by atoms with Crippen molar-refractivity contribution < 1.29 is 29.0 Å². The van der Waals surface area contributed by atoms with Gasteiger partial charge in [-0.25, -0.2) is 4.98 Å². The molecular formula is C12H14N2O6. The van der Waals surface area contributed by atoms with E-state index >= 15 is 0 Å². The molecule has 0 bridgehead atoms. The zero-order valence-electron chi connectivity index (χ0n) is 11.2. The first-order chi connectivity index (χ1) is 9.36. The number of carbonyl (C=O) groups excluding carboxylic acids is 2. The van der Waals surface area contributed by atoms with Gasteiger partial charge in [-0.05, 0) is 6.92 Å². The lowest BCUT2D eigenvalue weighted by Crippen LogP contribution is -2.38. The molecule has 1 unspecified atom stereocenters. The van der Waals surface area contributed by atoms with E-state index in [-0.39, 0.29) is 17.2 Å². The summed E-state index contributed by atoms with van der Waals surface area (Å²) in [7, 11) is 1.34. The van der Waals surface area contributed by atoms with Gasteiger partial charge >= 0.3 is 11.9 Å². The fourth-order valence-corrected chi connectivity index (χ4v) is 1.32. The van der Waals surface area contributed by atoms with E-state index < -0.39 is 23.9 Å². The van der Waals surface area contributed by atoms with Crippen LogP contribution in [0.3, 0.4) is 0 Å². The summed E-state index contributed by atoms with van der Waals surface area (Å²) < 4.78 is 9.87. The van der Waals surface area contributed by atoms with Crippen LogP contribution in [0.25, 0.3) is 0 Å². The number of nitrogens with one attached hydrogen (secondary N) is 1. The number of hydrogen-bond donors (Lipinski definition) is 2. The Morgan fingerprint density at radius 3 is 2.55 bits per heavy atom. The smallest absolute Gasteiger partial charge is 0.325 e. The molecule has 1 amide bonds. The Labute approximate surface area is 114 Å². The summed E-state index contributed by atoms with van der Waals surface area (Å²) >= 11 is 0. The quantitative estimate of drug-likeness (QED) is 0.742. The molecule has 0 aliphatic heterocycles. The summed E-state index contributed by atoms with van der Waals surface area (Å²) in [5, 5.41) is 11.0. The Balaban J connectivity index is 3.13. The first kappa shape index (κ1) is 15.4. The molecule has 1 aromatic rings. The van der Waals surface area contributed by atoms with Crippen molar-refractivity contribution in [3.63, 3.8) is 0 Å². The predicted molar refractivity (Wildman–Crippen MR) is 66.7 cm³/mol. The monoisotopic (exact) mass is 282 g/mol. The first-order valence-corrected chi connectivity index (χ1v) is 5.62. The van der Waals surface area contributed by atoms with Gasteiger partial charge in [0.15, 0.2) is 11.4 Å². The normalized spacial score (nSPS) is 11.3. The van der Waals surface area contributed by atoms with Crippen molar-refractivity contribution in [3.05, 3.63) is 18.0 Å². The largest absolute Gasteiger partial charge is 0.493 e. The lowest BCUT2D eigenvalue weighted by Gasteiger charge is -2.13. The maximum atomic E-state index is 11.9. The van der Waals surface area contributed by atoms with Gasteiger partial charge in [-0.15, -0.1) is 0 Å². The number of amides is 1. The molecule has 0 fully saturated rings. The van der Waals surface area contributed by atoms with Gasteiger partial charge in [0.05, 0.1) is 7.11 Å². The van der Waals surface area contributed by atoms with Gasteiger partial charge in [0, 0.05) is 19.2 Å². The molecule has 0 aliphatic carbocycles. The lowest BCUT2D eigenvalue weighted by atomic mass is 10.2. The molecular weight excluding hydrogens is 268 g/mol. The lowest BCUT2D eigenvalue weighted by molar-refractivity contribution is -0.138. The van der Waals surface area contributed by atoms with E-state index in [1.807, 2.05) is 0 Å². The number of aromatic nitrogens is 1. The molecule has 8 nitrogen and oxygen atoms in total. The van der Waals surface area contributed by atoms with Crippen LogP contribution >= 0.6 is 0 Å². The van der Waals surface area contributed by atoms with Crippen molar-refractivity contribution in [2.45, 2.75) is 19.9 Å². The van der Waals surface area contributed by atoms with Gasteiger partial charge in [0.2, 0.25) is 5.75 Å². The zero-order valence-corrected chi connectivity index (χ0v) is 11.2. The van der Waals surface area contributed by atoms with Crippen molar-refractivity contribution in [3.8, 4) is 11.5 Å². The van der Waals surface area contributed by atoms with Crippen molar-refractivity contribution in [1.82, 2.24) is 10.3 Å². The molecule has 108 valence electrons. The van der Waals surface area contributed by atoms with E-state index in [1.165, 1.54) is 26.3 Å². The summed E-state index contributed by atoms with van der Waals surface area (Å²) in [5.74, 6) is -2.65. The van der Waals surface area contributed by atoms with Crippen LogP contribution in [0.5, 0.6) is 11.5 Å². The van der Waals surface area contributed by atoms with Crippen LogP contribution in [0, 0.1) is 0 Å². The molecule has 0 aromatic carbocycles. The van der Waals surface area contributed by atoms with Crippen LogP contribution in [0.4, 0.5) is 0 Å². The molecule has 0 radical (unpaired) electrons. The van der Waals surface area contributed by atoms with Gasteiger partial charge in [-0.1, -0.05) is 0 Å². The predicted octanol–water partition coefficient (Wildman–Crippen LogP) is 0.218. The van der Waals surface area contributed by atoms with Crippen LogP contribution in [-0.4, -0.2) is 41.1 Å². The zero-order chi connectivity index (χ0) is 15.3. The highest BCUT2D eigenvalue weighted by Crippen LogP contribution is 2.29. The molecule has 0 saturated carbocycles. The molecule has 1 aromatic heterocycles. The number of carboxylic acids is 1. The fraction of sp³-hybridized carbons (Fsp3) is 0.333. The minimum absolute atomic E-state index is 0.142. The van der Waals surface area contributed by atoms with Crippen molar-refractivity contribution in [1.29, 1.82) is 0 Å². The van der Waals surface area contributed by atoms with E-state index in [1.54, 1.807) is 0 Å². The summed E-state index contributed by atoms with van der Waals surface area (Å²) in [4.78, 5) is 37.5. The number of methoxy groups -OCH3 is 1. The van der Waals surface area contributed by atoms with Crippen LogP contribution in [0.2, 0.25) is 0 Å². The average Bonchev–Trinajstić information content (AvgIpc) is 2.37. The third-order valence-corrected chi connectivity index (χ3v) is 2.27. The number of rotatable bonds is 5. The summed E-state index contributed by atoms with van der Waals surface area (Å²) in [6.45, 7) is 2.46. The number of carbonyl (C=O) groups is 3. The van der Waals surface area contributed by atoms with E-state index in [0.717, 1.165) is 6.92 Å². The standard InChI is InChI=1S/C12H14N2O6/c1-6(12(17)18)14-11(16)9-10(20-7(2)15)8(19-3)4-5-13-9/h4-6H,1-3H3,(H,14,16)(H,17,18). The third-order valence-electron chi connectivity index (χ3n) is 2.27.